The summed E-state index contributed by atoms with van der Waals surface area (Å²) < 4.78 is 10.5. The van der Waals surface area contributed by atoms with Crippen molar-refractivity contribution in [2.24, 2.45) is 0 Å². The third kappa shape index (κ3) is 6.30. The molecule has 1 aromatic rings. The van der Waals surface area contributed by atoms with Crippen LogP contribution in [-0.2, 0) is 9.53 Å². The molecule has 140 valence electrons. The Labute approximate surface area is 150 Å². The van der Waals surface area contributed by atoms with Crippen molar-refractivity contribution in [2.75, 3.05) is 45.3 Å². The summed E-state index contributed by atoms with van der Waals surface area (Å²) in [5.41, 5.74) is 0.830. The summed E-state index contributed by atoms with van der Waals surface area (Å²) in [6.07, 6.45) is 0.436. The molecule has 0 unspecified atom stereocenters. The maximum Gasteiger partial charge on any atom is 0.225 e. The van der Waals surface area contributed by atoms with E-state index in [0.717, 1.165) is 44.3 Å². The Bertz CT molecular complexity index is 539. The Balaban J connectivity index is 1.74. The average molecular weight is 349 g/mol. The predicted molar refractivity (Wildman–Crippen MR) is 100 cm³/mol. The van der Waals surface area contributed by atoms with Gasteiger partial charge in [0.05, 0.1) is 20.3 Å². The van der Waals surface area contributed by atoms with Gasteiger partial charge in [-0.1, -0.05) is 0 Å². The summed E-state index contributed by atoms with van der Waals surface area (Å²) >= 11 is 0. The minimum Gasteiger partial charge on any atom is -0.497 e. The van der Waals surface area contributed by atoms with Crippen molar-refractivity contribution in [3.05, 3.63) is 24.3 Å². The number of ether oxygens (including phenoxy) is 2. The number of nitrogens with zero attached hydrogens (tertiary/aromatic N) is 1. The molecule has 0 radical (unpaired) electrons. The van der Waals surface area contributed by atoms with Crippen LogP contribution in [0.3, 0.4) is 0 Å². The molecule has 1 amide bonds. The van der Waals surface area contributed by atoms with E-state index in [4.69, 9.17) is 9.47 Å². The van der Waals surface area contributed by atoms with Crippen LogP contribution in [0.1, 0.15) is 27.2 Å². The molecule has 25 heavy (non-hydrogen) atoms. The van der Waals surface area contributed by atoms with Gasteiger partial charge in [0, 0.05) is 43.3 Å². The Morgan fingerprint density at radius 1 is 1.28 bits per heavy atom. The van der Waals surface area contributed by atoms with Crippen LogP contribution in [0.15, 0.2) is 24.3 Å². The molecular weight excluding hydrogens is 318 g/mol. The number of morpholine rings is 1. The van der Waals surface area contributed by atoms with Crippen LogP contribution in [0.2, 0.25) is 0 Å². The van der Waals surface area contributed by atoms with E-state index in [-0.39, 0.29) is 17.5 Å². The molecule has 1 aromatic carbocycles. The summed E-state index contributed by atoms with van der Waals surface area (Å²) in [6, 6.07) is 7.47. The first-order chi connectivity index (χ1) is 11.9. The average Bonchev–Trinajstić information content (AvgIpc) is 2.61. The summed E-state index contributed by atoms with van der Waals surface area (Å²) in [5, 5.41) is 6.42. The molecule has 1 saturated heterocycles. The number of hydrogen-bond donors (Lipinski definition) is 2. The molecule has 1 atom stereocenters. The highest BCUT2D eigenvalue weighted by Gasteiger charge is 2.28. The van der Waals surface area contributed by atoms with Gasteiger partial charge in [0.1, 0.15) is 5.75 Å². The van der Waals surface area contributed by atoms with E-state index >= 15 is 0 Å². The predicted octanol–water partition coefficient (Wildman–Crippen LogP) is 2.11. The van der Waals surface area contributed by atoms with Gasteiger partial charge in [-0.15, -0.1) is 0 Å². The number of benzene rings is 1. The molecule has 1 aliphatic rings. The van der Waals surface area contributed by atoms with Crippen LogP contribution in [0.25, 0.3) is 0 Å². The topological polar surface area (TPSA) is 62.8 Å². The standard InChI is InChI=1S/C19H31N3O3/c1-15(20-14-19(2,3)22-9-11-25-12-10-22)13-18(23)21-16-5-7-17(24-4)8-6-16/h5-8,15,20H,9-14H2,1-4H3,(H,21,23)/t15-/m1/s1. The second-order valence-electron chi connectivity index (χ2n) is 7.17. The van der Waals surface area contributed by atoms with Crippen LogP contribution >= 0.6 is 0 Å². The Kier molecular flexibility index (Phi) is 7.23. The van der Waals surface area contributed by atoms with E-state index in [1.165, 1.54) is 0 Å². The summed E-state index contributed by atoms with van der Waals surface area (Å²) in [6.45, 7) is 10.9. The highest BCUT2D eigenvalue weighted by molar-refractivity contribution is 5.91. The van der Waals surface area contributed by atoms with Crippen LogP contribution in [0, 0.1) is 0 Å². The van der Waals surface area contributed by atoms with Crippen molar-refractivity contribution in [3.8, 4) is 5.75 Å². The van der Waals surface area contributed by atoms with Crippen molar-refractivity contribution in [1.82, 2.24) is 10.2 Å². The van der Waals surface area contributed by atoms with Crippen molar-refractivity contribution < 1.29 is 14.3 Å². The number of carbonyl (C=O) groups is 1. The molecule has 0 aromatic heterocycles. The summed E-state index contributed by atoms with van der Waals surface area (Å²) in [7, 11) is 1.62. The SMILES string of the molecule is COc1ccc(NC(=O)C[C@@H](C)NCC(C)(C)N2CCOCC2)cc1. The van der Waals surface area contributed by atoms with E-state index in [2.05, 4.69) is 29.4 Å². The quantitative estimate of drug-likeness (QED) is 0.753. The number of anilines is 1. The number of amides is 1. The van der Waals surface area contributed by atoms with Crippen LogP contribution in [-0.4, -0.2) is 62.3 Å². The fraction of sp³-hybridized carbons (Fsp3) is 0.632. The summed E-state index contributed by atoms with van der Waals surface area (Å²) in [4.78, 5) is 14.6. The van der Waals surface area contributed by atoms with Gasteiger partial charge in [-0.05, 0) is 45.0 Å². The van der Waals surface area contributed by atoms with Gasteiger partial charge in [-0.2, -0.15) is 0 Å². The molecule has 2 rings (SSSR count). The van der Waals surface area contributed by atoms with Crippen LogP contribution < -0.4 is 15.4 Å². The van der Waals surface area contributed by atoms with Gasteiger partial charge in [-0.25, -0.2) is 0 Å². The molecule has 0 bridgehead atoms. The first kappa shape index (κ1) is 19.7. The van der Waals surface area contributed by atoms with Crippen molar-refractivity contribution in [1.29, 1.82) is 0 Å². The molecule has 6 nitrogen and oxygen atoms in total. The van der Waals surface area contributed by atoms with E-state index in [1.807, 2.05) is 31.2 Å². The lowest BCUT2D eigenvalue weighted by Gasteiger charge is -2.41. The van der Waals surface area contributed by atoms with Gasteiger partial charge in [-0.3, -0.25) is 9.69 Å². The summed E-state index contributed by atoms with van der Waals surface area (Å²) in [5.74, 6) is 0.785. The molecule has 0 aliphatic carbocycles. The highest BCUT2D eigenvalue weighted by Crippen LogP contribution is 2.17. The van der Waals surface area contributed by atoms with E-state index in [9.17, 15) is 4.79 Å². The zero-order valence-electron chi connectivity index (χ0n) is 15.8. The van der Waals surface area contributed by atoms with Crippen LogP contribution in [0.4, 0.5) is 5.69 Å². The number of methoxy groups -OCH3 is 1. The van der Waals surface area contributed by atoms with E-state index in [1.54, 1.807) is 7.11 Å². The first-order valence-electron chi connectivity index (χ1n) is 8.91. The van der Waals surface area contributed by atoms with Gasteiger partial charge < -0.3 is 20.1 Å². The molecule has 0 saturated carbocycles. The first-order valence-corrected chi connectivity index (χ1v) is 8.91. The van der Waals surface area contributed by atoms with E-state index < -0.39 is 0 Å². The third-order valence-corrected chi connectivity index (χ3v) is 4.62. The lowest BCUT2D eigenvalue weighted by molar-refractivity contribution is -0.116. The van der Waals surface area contributed by atoms with Gasteiger partial charge in [0.15, 0.2) is 0 Å². The second-order valence-corrected chi connectivity index (χ2v) is 7.17. The van der Waals surface area contributed by atoms with Crippen LogP contribution in [0.5, 0.6) is 5.75 Å². The number of carbonyl (C=O) groups excluding carboxylic acids is 1. The number of nitrogens with one attached hydrogen (secondary N) is 2. The largest absolute Gasteiger partial charge is 0.497 e. The third-order valence-electron chi connectivity index (χ3n) is 4.62. The molecule has 0 spiro atoms. The number of rotatable bonds is 8. The molecule has 1 fully saturated rings. The Hall–Kier alpha value is -1.63. The fourth-order valence-corrected chi connectivity index (χ4v) is 2.94. The maximum absolute atomic E-state index is 12.2. The smallest absolute Gasteiger partial charge is 0.225 e. The van der Waals surface area contributed by atoms with Crippen molar-refractivity contribution in [2.45, 2.75) is 38.8 Å². The fourth-order valence-electron chi connectivity index (χ4n) is 2.94. The highest BCUT2D eigenvalue weighted by atomic mass is 16.5. The Morgan fingerprint density at radius 2 is 1.92 bits per heavy atom. The minimum atomic E-state index is 0.00865. The maximum atomic E-state index is 12.2. The minimum absolute atomic E-state index is 0.00865. The number of hydrogen-bond acceptors (Lipinski definition) is 5. The van der Waals surface area contributed by atoms with Crippen molar-refractivity contribution in [3.63, 3.8) is 0 Å². The normalized spacial score (nSPS) is 17.1. The molecule has 1 aliphatic heterocycles. The monoisotopic (exact) mass is 349 g/mol. The van der Waals surface area contributed by atoms with E-state index in [0.29, 0.717) is 6.42 Å². The molecule has 1 heterocycles. The van der Waals surface area contributed by atoms with Gasteiger partial charge in [0.2, 0.25) is 5.91 Å². The molecule has 6 heteroatoms. The zero-order chi connectivity index (χ0) is 18.3. The lowest BCUT2D eigenvalue weighted by atomic mass is 10.0. The Morgan fingerprint density at radius 3 is 2.52 bits per heavy atom. The van der Waals surface area contributed by atoms with Gasteiger partial charge >= 0.3 is 0 Å². The second kappa shape index (κ2) is 9.17. The van der Waals surface area contributed by atoms with Gasteiger partial charge in [0.25, 0.3) is 0 Å². The lowest BCUT2D eigenvalue weighted by Crippen LogP contribution is -2.55. The zero-order valence-corrected chi connectivity index (χ0v) is 15.8. The molecular formula is C19H31N3O3. The molecule has 2 N–H and O–H groups in total. The van der Waals surface area contributed by atoms with Crippen molar-refractivity contribution >= 4 is 11.6 Å².